The van der Waals surface area contributed by atoms with Crippen LogP contribution in [0.15, 0.2) is 36.4 Å². The molecule has 0 radical (unpaired) electrons. The van der Waals surface area contributed by atoms with Crippen molar-refractivity contribution >= 4 is 11.6 Å². The van der Waals surface area contributed by atoms with Gasteiger partial charge in [0.2, 0.25) is 0 Å². The third kappa shape index (κ3) is 3.91. The van der Waals surface area contributed by atoms with Crippen LogP contribution in [0.5, 0.6) is 17.2 Å². The number of halogens is 1. The molecule has 0 aliphatic rings. The Labute approximate surface area is 133 Å². The number of hydrogen-bond acceptors (Lipinski definition) is 4. The highest BCUT2D eigenvalue weighted by Gasteiger charge is 2.15. The summed E-state index contributed by atoms with van der Waals surface area (Å²) >= 11 is 0. The van der Waals surface area contributed by atoms with Gasteiger partial charge in [0.1, 0.15) is 11.4 Å². The first-order valence-corrected chi connectivity index (χ1v) is 7.25. The number of benzene rings is 2. The molecule has 122 valence electrons. The lowest BCUT2D eigenvalue weighted by Gasteiger charge is -2.13. The first-order valence-electron chi connectivity index (χ1n) is 7.25. The van der Waals surface area contributed by atoms with Crippen molar-refractivity contribution in [3.05, 3.63) is 47.8 Å². The van der Waals surface area contributed by atoms with Gasteiger partial charge in [-0.05, 0) is 44.2 Å². The van der Waals surface area contributed by atoms with Gasteiger partial charge in [-0.1, -0.05) is 6.07 Å². The second-order valence-electron chi connectivity index (χ2n) is 4.62. The van der Waals surface area contributed by atoms with Gasteiger partial charge in [-0.15, -0.1) is 0 Å². The van der Waals surface area contributed by atoms with Crippen LogP contribution < -0.4 is 14.8 Å². The first-order chi connectivity index (χ1) is 11.1. The molecule has 0 saturated carbocycles. The minimum absolute atomic E-state index is 0.260. The van der Waals surface area contributed by atoms with Gasteiger partial charge in [0.05, 0.1) is 13.2 Å². The number of phenolic OH excluding ortho intramolecular Hbond substituents is 1. The number of hydrogen-bond donors (Lipinski definition) is 2. The molecule has 0 spiro atoms. The minimum Gasteiger partial charge on any atom is -0.506 e. The normalized spacial score (nSPS) is 10.2. The summed E-state index contributed by atoms with van der Waals surface area (Å²) in [5, 5.41) is 12.0. The molecule has 0 fully saturated rings. The van der Waals surface area contributed by atoms with E-state index in [1.807, 2.05) is 13.8 Å². The Kier molecular flexibility index (Phi) is 5.41. The van der Waals surface area contributed by atoms with Crippen LogP contribution in [-0.2, 0) is 0 Å². The molecule has 2 N–H and O–H groups in total. The number of carbonyl (C=O) groups is 1. The molecule has 0 aliphatic carbocycles. The Morgan fingerprint density at radius 1 is 1.13 bits per heavy atom. The summed E-state index contributed by atoms with van der Waals surface area (Å²) in [5.41, 5.74) is 0.00361. The zero-order valence-electron chi connectivity index (χ0n) is 12.9. The highest BCUT2D eigenvalue weighted by atomic mass is 19.1. The molecule has 0 heterocycles. The number of ether oxygens (including phenoxy) is 2. The van der Waals surface area contributed by atoms with Crippen molar-refractivity contribution in [2.75, 3.05) is 18.5 Å². The highest BCUT2D eigenvalue weighted by molar-refractivity contribution is 6.05. The van der Waals surface area contributed by atoms with E-state index in [9.17, 15) is 14.3 Å². The molecule has 5 nitrogen and oxygen atoms in total. The third-order valence-corrected chi connectivity index (χ3v) is 3.04. The van der Waals surface area contributed by atoms with Gasteiger partial charge in [0.15, 0.2) is 17.3 Å². The molecule has 0 bridgehead atoms. The van der Waals surface area contributed by atoms with Crippen LogP contribution in [0.2, 0.25) is 0 Å². The Hall–Kier alpha value is -2.76. The number of aromatic hydroxyl groups is 1. The van der Waals surface area contributed by atoms with E-state index in [-0.39, 0.29) is 17.0 Å². The van der Waals surface area contributed by atoms with E-state index in [0.29, 0.717) is 24.7 Å². The van der Waals surface area contributed by atoms with Crippen molar-refractivity contribution in [3.8, 4) is 17.2 Å². The lowest BCUT2D eigenvalue weighted by Crippen LogP contribution is -2.13. The summed E-state index contributed by atoms with van der Waals surface area (Å²) < 4.78 is 24.5. The Balaban J connectivity index is 2.27. The lowest BCUT2D eigenvalue weighted by atomic mass is 10.1. The highest BCUT2D eigenvalue weighted by Crippen LogP contribution is 2.30. The Morgan fingerprint density at radius 3 is 2.48 bits per heavy atom. The van der Waals surface area contributed by atoms with Gasteiger partial charge in [0, 0.05) is 5.56 Å². The predicted molar refractivity (Wildman–Crippen MR) is 84.8 cm³/mol. The van der Waals surface area contributed by atoms with Crippen molar-refractivity contribution < 1.29 is 23.8 Å². The lowest BCUT2D eigenvalue weighted by molar-refractivity contribution is 0.102. The van der Waals surface area contributed by atoms with Gasteiger partial charge >= 0.3 is 0 Å². The average Bonchev–Trinajstić information content (AvgIpc) is 2.53. The quantitative estimate of drug-likeness (QED) is 0.799. The van der Waals surface area contributed by atoms with E-state index in [2.05, 4.69) is 5.32 Å². The maximum Gasteiger partial charge on any atom is 0.255 e. The van der Waals surface area contributed by atoms with E-state index in [1.54, 1.807) is 12.1 Å². The second-order valence-corrected chi connectivity index (χ2v) is 4.62. The largest absolute Gasteiger partial charge is 0.506 e. The van der Waals surface area contributed by atoms with E-state index in [0.717, 1.165) is 6.07 Å². The van der Waals surface area contributed by atoms with Crippen LogP contribution in [-0.4, -0.2) is 24.2 Å². The van der Waals surface area contributed by atoms with E-state index in [4.69, 9.17) is 9.47 Å². The third-order valence-electron chi connectivity index (χ3n) is 3.04. The molecule has 23 heavy (non-hydrogen) atoms. The number of rotatable bonds is 6. The van der Waals surface area contributed by atoms with Crippen molar-refractivity contribution in [2.24, 2.45) is 0 Å². The topological polar surface area (TPSA) is 67.8 Å². The molecule has 2 rings (SSSR count). The minimum atomic E-state index is -0.714. The molecule has 2 aromatic carbocycles. The Bertz CT molecular complexity index is 683. The van der Waals surface area contributed by atoms with E-state index < -0.39 is 11.7 Å². The van der Waals surface area contributed by atoms with Gasteiger partial charge in [-0.25, -0.2) is 4.39 Å². The summed E-state index contributed by atoms with van der Waals surface area (Å²) in [5.74, 6) is -0.655. The fraction of sp³-hybridized carbons (Fsp3) is 0.235. The molecule has 0 atom stereocenters. The van der Waals surface area contributed by atoms with E-state index in [1.165, 1.54) is 18.2 Å². The summed E-state index contributed by atoms with van der Waals surface area (Å²) in [6, 6.07) is 8.47. The average molecular weight is 319 g/mol. The monoisotopic (exact) mass is 319 g/mol. The zero-order valence-corrected chi connectivity index (χ0v) is 12.9. The van der Waals surface area contributed by atoms with Crippen LogP contribution in [0.3, 0.4) is 0 Å². The van der Waals surface area contributed by atoms with Gasteiger partial charge in [0.25, 0.3) is 5.91 Å². The fourth-order valence-electron chi connectivity index (χ4n) is 2.01. The second kappa shape index (κ2) is 7.49. The predicted octanol–water partition coefficient (Wildman–Crippen LogP) is 3.58. The van der Waals surface area contributed by atoms with Crippen LogP contribution >= 0.6 is 0 Å². The van der Waals surface area contributed by atoms with Gasteiger partial charge in [-0.2, -0.15) is 0 Å². The van der Waals surface area contributed by atoms with Gasteiger partial charge in [-0.3, -0.25) is 4.79 Å². The molecule has 1 amide bonds. The van der Waals surface area contributed by atoms with Crippen LogP contribution in [0.4, 0.5) is 10.1 Å². The molecule has 0 aromatic heterocycles. The molecule has 0 aliphatic heterocycles. The molecule has 0 saturated heterocycles. The maximum atomic E-state index is 13.7. The van der Waals surface area contributed by atoms with Gasteiger partial charge < -0.3 is 19.9 Å². The summed E-state index contributed by atoms with van der Waals surface area (Å²) in [6.07, 6.45) is 0. The van der Waals surface area contributed by atoms with Crippen LogP contribution in [0, 0.1) is 5.82 Å². The molecule has 6 heteroatoms. The summed E-state index contributed by atoms with van der Waals surface area (Å²) in [4.78, 5) is 12.3. The number of anilines is 1. The summed E-state index contributed by atoms with van der Waals surface area (Å²) in [6.45, 7) is 4.55. The first kappa shape index (κ1) is 16.6. The van der Waals surface area contributed by atoms with Crippen molar-refractivity contribution in [3.63, 3.8) is 0 Å². The van der Waals surface area contributed by atoms with Crippen molar-refractivity contribution in [2.45, 2.75) is 13.8 Å². The number of nitrogens with one attached hydrogen (secondary N) is 1. The SMILES string of the molecule is CCOc1ccc(C(=O)Nc2c(O)cccc2F)cc1OCC. The number of carbonyl (C=O) groups excluding carboxylic acids is 1. The Morgan fingerprint density at radius 2 is 1.83 bits per heavy atom. The van der Waals surface area contributed by atoms with Crippen molar-refractivity contribution in [1.29, 1.82) is 0 Å². The maximum absolute atomic E-state index is 13.7. The van der Waals surface area contributed by atoms with Crippen LogP contribution in [0.1, 0.15) is 24.2 Å². The standard InChI is InChI=1S/C17H18FNO4/c1-3-22-14-9-8-11(10-15(14)23-4-2)17(21)19-16-12(18)6-5-7-13(16)20/h5-10,20H,3-4H2,1-2H3,(H,19,21). The fourth-order valence-corrected chi connectivity index (χ4v) is 2.01. The van der Waals surface area contributed by atoms with E-state index >= 15 is 0 Å². The smallest absolute Gasteiger partial charge is 0.255 e. The zero-order chi connectivity index (χ0) is 16.8. The number of phenols is 1. The van der Waals surface area contributed by atoms with Crippen molar-refractivity contribution in [1.82, 2.24) is 0 Å². The molecular formula is C17H18FNO4. The molecule has 2 aromatic rings. The summed E-state index contributed by atoms with van der Waals surface area (Å²) in [7, 11) is 0. The molecule has 0 unspecified atom stereocenters. The number of amides is 1. The number of para-hydroxylation sites is 1. The molecular weight excluding hydrogens is 301 g/mol. The van der Waals surface area contributed by atoms with Crippen LogP contribution in [0.25, 0.3) is 0 Å².